The maximum atomic E-state index is 10.8. The van der Waals surface area contributed by atoms with E-state index in [1.165, 1.54) is 19.3 Å². The minimum atomic E-state index is -0.764. The van der Waals surface area contributed by atoms with Crippen molar-refractivity contribution < 1.29 is 20.1 Å². The molecular weight excluding hydrogens is 400 g/mol. The van der Waals surface area contributed by atoms with Crippen LogP contribution in [0, 0.1) is 11.8 Å². The number of aliphatic hydroxyl groups excluding tert-OH is 2. The molecule has 30 heavy (non-hydrogen) atoms. The number of allylic oxidation sites excluding steroid dienone is 2. The molecule has 5 heteroatoms. The molecule has 166 valence electrons. The Morgan fingerprint density at radius 3 is 2.50 bits per heavy atom. The normalized spacial score (nSPS) is 28.8. The molecule has 2 aliphatic rings. The average Bonchev–Trinajstić information content (AvgIpc) is 3.03. The van der Waals surface area contributed by atoms with Crippen molar-refractivity contribution in [2.24, 2.45) is 11.8 Å². The summed E-state index contributed by atoms with van der Waals surface area (Å²) in [5.41, 5.74) is 2.05. The van der Waals surface area contributed by atoms with Gasteiger partial charge in [0.25, 0.3) is 0 Å². The molecule has 0 aliphatic heterocycles. The second-order valence-electron chi connectivity index (χ2n) is 9.01. The third-order valence-corrected chi connectivity index (χ3v) is 7.40. The fourth-order valence-electron chi connectivity index (χ4n) is 5.21. The molecule has 2 fully saturated rings. The smallest absolute Gasteiger partial charge is 0.303 e. The van der Waals surface area contributed by atoms with E-state index >= 15 is 0 Å². The first-order chi connectivity index (χ1) is 14.5. The van der Waals surface area contributed by atoms with Crippen LogP contribution in [0.25, 0.3) is 0 Å². The molecule has 1 unspecified atom stereocenters. The van der Waals surface area contributed by atoms with Crippen molar-refractivity contribution in [1.29, 1.82) is 0 Å². The summed E-state index contributed by atoms with van der Waals surface area (Å²) in [6.45, 7) is 0. The predicted octanol–water partition coefficient (Wildman–Crippen LogP) is 5.57. The van der Waals surface area contributed by atoms with Crippen molar-refractivity contribution in [1.82, 2.24) is 0 Å². The molecule has 2 aliphatic carbocycles. The van der Waals surface area contributed by atoms with E-state index < -0.39 is 18.2 Å². The van der Waals surface area contributed by atoms with Crippen LogP contribution in [0.5, 0.6) is 0 Å². The zero-order chi connectivity index (χ0) is 21.5. The molecule has 0 radical (unpaired) electrons. The Labute approximate surface area is 185 Å². The number of carboxylic acids is 1. The van der Waals surface area contributed by atoms with Gasteiger partial charge in [0.15, 0.2) is 0 Å². The van der Waals surface area contributed by atoms with Gasteiger partial charge in [-0.05, 0) is 61.5 Å². The molecule has 1 aromatic carbocycles. The Balaban J connectivity index is 1.61. The lowest BCUT2D eigenvalue weighted by molar-refractivity contribution is -0.137. The maximum Gasteiger partial charge on any atom is 0.303 e. The Hall–Kier alpha value is -1.36. The molecule has 0 heterocycles. The number of aliphatic hydroxyl groups is 2. The van der Waals surface area contributed by atoms with Gasteiger partial charge in [0.05, 0.1) is 12.2 Å². The monoisotopic (exact) mass is 434 g/mol. The summed E-state index contributed by atoms with van der Waals surface area (Å²) in [7, 11) is 0. The highest BCUT2D eigenvalue weighted by Crippen LogP contribution is 2.45. The summed E-state index contributed by atoms with van der Waals surface area (Å²) in [4.78, 5) is 10.6. The molecule has 0 spiro atoms. The highest BCUT2D eigenvalue weighted by molar-refractivity contribution is 6.21. The van der Waals surface area contributed by atoms with Gasteiger partial charge < -0.3 is 15.3 Å². The van der Waals surface area contributed by atoms with Crippen molar-refractivity contribution in [3.8, 4) is 0 Å². The van der Waals surface area contributed by atoms with Crippen molar-refractivity contribution in [2.75, 3.05) is 0 Å². The first-order valence-electron chi connectivity index (χ1n) is 11.4. The van der Waals surface area contributed by atoms with Gasteiger partial charge in [0.2, 0.25) is 0 Å². The first kappa shape index (κ1) is 23.3. The summed E-state index contributed by atoms with van der Waals surface area (Å²) < 4.78 is 0. The maximum absolute atomic E-state index is 10.8. The number of benzene rings is 1. The number of rotatable bonds is 9. The highest BCUT2D eigenvalue weighted by Gasteiger charge is 2.41. The number of unbranched alkanes of at least 4 members (excludes halogenated alkanes) is 1. The molecule has 2 saturated carbocycles. The Morgan fingerprint density at radius 1 is 1.13 bits per heavy atom. The zero-order valence-corrected chi connectivity index (χ0v) is 18.4. The van der Waals surface area contributed by atoms with Crippen LogP contribution in [0.3, 0.4) is 0 Å². The number of hydrogen-bond acceptors (Lipinski definition) is 3. The van der Waals surface area contributed by atoms with Crippen LogP contribution >= 0.6 is 11.6 Å². The summed E-state index contributed by atoms with van der Waals surface area (Å²) in [6, 6.07) is 8.13. The molecule has 3 rings (SSSR count). The van der Waals surface area contributed by atoms with Crippen LogP contribution in [0.1, 0.15) is 87.4 Å². The third kappa shape index (κ3) is 6.09. The number of carbonyl (C=O) groups is 1. The van der Waals surface area contributed by atoms with Crippen molar-refractivity contribution in [2.45, 2.75) is 87.7 Å². The molecule has 0 bridgehead atoms. The van der Waals surface area contributed by atoms with Gasteiger partial charge in [-0.25, -0.2) is 0 Å². The van der Waals surface area contributed by atoms with E-state index in [0.717, 1.165) is 36.8 Å². The lowest BCUT2D eigenvalue weighted by Gasteiger charge is -2.27. The van der Waals surface area contributed by atoms with Crippen molar-refractivity contribution in [3.05, 3.63) is 47.5 Å². The highest BCUT2D eigenvalue weighted by atomic mass is 35.5. The van der Waals surface area contributed by atoms with Crippen LogP contribution in [0.4, 0.5) is 0 Å². The van der Waals surface area contributed by atoms with E-state index in [2.05, 4.69) is 6.08 Å². The largest absolute Gasteiger partial charge is 0.481 e. The van der Waals surface area contributed by atoms with Crippen LogP contribution in [0.15, 0.2) is 36.4 Å². The molecule has 4 nitrogen and oxygen atoms in total. The second kappa shape index (κ2) is 11.3. The first-order valence-corrected chi connectivity index (χ1v) is 11.9. The quantitative estimate of drug-likeness (QED) is 0.269. The van der Waals surface area contributed by atoms with Gasteiger partial charge in [-0.3, -0.25) is 4.79 Å². The van der Waals surface area contributed by atoms with Gasteiger partial charge in [0, 0.05) is 17.7 Å². The minimum absolute atomic E-state index is 0.0166. The molecular formula is C25H35ClO4. The number of halogens is 1. The Morgan fingerprint density at radius 2 is 1.83 bits per heavy atom. The standard InChI is InChI=1S/C25H35ClO4/c26-21-16-22(27)24(20(21)10-6-1-2-7-11-23(28)29)17-12-14-19(15-13-17)25(30)18-8-4-3-5-9-18/h1,6,12-15,18,20-22,24-25,27,30H,2-5,7-11,16H2,(H,28,29)/b6-1-/t20-,21-,22+,24+,25?/m0/s1. The summed E-state index contributed by atoms with van der Waals surface area (Å²) in [5.74, 6) is -0.281. The van der Waals surface area contributed by atoms with Gasteiger partial charge in [0.1, 0.15) is 0 Å². The van der Waals surface area contributed by atoms with Crippen LogP contribution in [0.2, 0.25) is 0 Å². The number of aliphatic carboxylic acids is 1. The van der Waals surface area contributed by atoms with Crippen molar-refractivity contribution in [3.63, 3.8) is 0 Å². The van der Waals surface area contributed by atoms with Gasteiger partial charge >= 0.3 is 5.97 Å². The van der Waals surface area contributed by atoms with E-state index in [4.69, 9.17) is 16.7 Å². The van der Waals surface area contributed by atoms with Gasteiger partial charge in [-0.2, -0.15) is 0 Å². The van der Waals surface area contributed by atoms with Crippen molar-refractivity contribution >= 4 is 17.6 Å². The van der Waals surface area contributed by atoms with Crippen LogP contribution in [-0.4, -0.2) is 32.8 Å². The summed E-state index contributed by atoms with van der Waals surface area (Å²) in [6.07, 6.45) is 12.0. The fourth-order valence-corrected chi connectivity index (χ4v) is 5.65. The van der Waals surface area contributed by atoms with E-state index in [1.54, 1.807) is 0 Å². The topological polar surface area (TPSA) is 77.8 Å². The lowest BCUT2D eigenvalue weighted by Crippen LogP contribution is -2.19. The number of alkyl halides is 1. The van der Waals surface area contributed by atoms with Crippen LogP contribution in [-0.2, 0) is 4.79 Å². The minimum Gasteiger partial charge on any atom is -0.481 e. The molecule has 0 saturated heterocycles. The summed E-state index contributed by atoms with van der Waals surface area (Å²) >= 11 is 6.57. The van der Waals surface area contributed by atoms with E-state index in [0.29, 0.717) is 18.8 Å². The Bertz CT molecular complexity index is 696. The number of hydrogen-bond donors (Lipinski definition) is 3. The molecule has 0 aromatic heterocycles. The third-order valence-electron chi connectivity index (χ3n) is 6.90. The van der Waals surface area contributed by atoms with Crippen LogP contribution < -0.4 is 0 Å². The molecule has 1 aromatic rings. The molecule has 5 atom stereocenters. The van der Waals surface area contributed by atoms with E-state index in [1.807, 2.05) is 30.3 Å². The number of carboxylic acid groups (broad SMARTS) is 1. The Kier molecular flexibility index (Phi) is 8.79. The zero-order valence-electron chi connectivity index (χ0n) is 17.6. The van der Waals surface area contributed by atoms with Gasteiger partial charge in [-0.1, -0.05) is 55.7 Å². The second-order valence-corrected chi connectivity index (χ2v) is 9.57. The average molecular weight is 435 g/mol. The fraction of sp³-hybridized carbons (Fsp3) is 0.640. The van der Waals surface area contributed by atoms with E-state index in [-0.39, 0.29) is 23.6 Å². The van der Waals surface area contributed by atoms with E-state index in [9.17, 15) is 15.0 Å². The molecule has 0 amide bonds. The predicted molar refractivity (Wildman–Crippen MR) is 120 cm³/mol. The SMILES string of the molecule is O=C(O)CCC/C=C\C[C@@H]1[C@@H](c2ccc(C(O)C3CCCCC3)cc2)[C@H](O)C[C@@H]1Cl. The molecule has 3 N–H and O–H groups in total. The lowest BCUT2D eigenvalue weighted by atomic mass is 9.81. The van der Waals surface area contributed by atoms with Gasteiger partial charge in [-0.15, -0.1) is 11.6 Å². The summed E-state index contributed by atoms with van der Waals surface area (Å²) in [5, 5.41) is 30.0.